The van der Waals surface area contributed by atoms with Crippen LogP contribution < -0.4 is 10.1 Å². The van der Waals surface area contributed by atoms with E-state index in [0.717, 1.165) is 72.3 Å². The topological polar surface area (TPSA) is 54.5 Å². The summed E-state index contributed by atoms with van der Waals surface area (Å²) in [6, 6.07) is 23.1. The van der Waals surface area contributed by atoms with E-state index in [1.165, 1.54) is 0 Å². The van der Waals surface area contributed by atoms with Gasteiger partial charge in [0.05, 0.1) is 5.56 Å². The number of amides is 1. The summed E-state index contributed by atoms with van der Waals surface area (Å²) in [6.45, 7) is 8.39. The lowest BCUT2D eigenvalue weighted by molar-refractivity contribution is -0.137. The Kier molecular flexibility index (Phi) is 10.2. The number of rotatable bonds is 10. The number of benzene rings is 3. The highest BCUT2D eigenvalue weighted by Gasteiger charge is 2.33. The summed E-state index contributed by atoms with van der Waals surface area (Å²) >= 11 is 0. The molecule has 0 saturated carbocycles. The van der Waals surface area contributed by atoms with Crippen molar-refractivity contribution in [2.45, 2.75) is 58.4 Å². The van der Waals surface area contributed by atoms with Crippen molar-refractivity contribution in [3.05, 3.63) is 119 Å². The molecule has 0 aliphatic carbocycles. The van der Waals surface area contributed by atoms with Crippen LogP contribution in [0, 0.1) is 19.8 Å². The van der Waals surface area contributed by atoms with Gasteiger partial charge in [-0.15, -0.1) is 0 Å². The highest BCUT2D eigenvalue weighted by Crippen LogP contribution is 2.37. The molecular weight excluding hydrogens is 575 g/mol. The van der Waals surface area contributed by atoms with Crippen molar-refractivity contribution in [2.75, 3.05) is 19.6 Å². The molecular formula is C37H40F3N3O2. The largest absolute Gasteiger partial charge is 0.485 e. The molecule has 0 bridgehead atoms. The van der Waals surface area contributed by atoms with Crippen LogP contribution >= 0.6 is 0 Å². The second-order valence-electron chi connectivity index (χ2n) is 12.0. The highest BCUT2D eigenvalue weighted by molar-refractivity contribution is 5.97. The lowest BCUT2D eigenvalue weighted by Gasteiger charge is -2.39. The van der Waals surface area contributed by atoms with Crippen LogP contribution in [0.5, 0.6) is 5.75 Å². The van der Waals surface area contributed by atoms with Gasteiger partial charge in [0.1, 0.15) is 11.9 Å². The van der Waals surface area contributed by atoms with Crippen molar-refractivity contribution in [2.24, 2.45) is 5.92 Å². The molecule has 1 amide bonds. The Balaban J connectivity index is 1.16. The molecule has 5 nitrogen and oxygen atoms in total. The minimum Gasteiger partial charge on any atom is -0.485 e. The number of carbonyl (C=O) groups is 1. The number of carbonyl (C=O) groups excluding carboxylic acids is 1. The maximum atomic E-state index is 13.2. The number of hydrogen-bond acceptors (Lipinski definition) is 4. The van der Waals surface area contributed by atoms with Crippen LogP contribution in [0.1, 0.15) is 64.9 Å². The van der Waals surface area contributed by atoms with Gasteiger partial charge in [0.25, 0.3) is 5.91 Å². The van der Waals surface area contributed by atoms with Gasteiger partial charge in [0, 0.05) is 36.5 Å². The van der Waals surface area contributed by atoms with E-state index < -0.39 is 11.7 Å². The van der Waals surface area contributed by atoms with E-state index in [2.05, 4.69) is 22.1 Å². The van der Waals surface area contributed by atoms with Gasteiger partial charge in [-0.1, -0.05) is 42.5 Å². The quantitative estimate of drug-likeness (QED) is 0.195. The zero-order valence-corrected chi connectivity index (χ0v) is 26.0. The molecule has 1 N–H and O–H groups in total. The summed E-state index contributed by atoms with van der Waals surface area (Å²) in [4.78, 5) is 19.7. The van der Waals surface area contributed by atoms with Crippen molar-refractivity contribution < 1.29 is 22.7 Å². The van der Waals surface area contributed by atoms with Crippen molar-refractivity contribution in [3.63, 3.8) is 0 Å². The molecule has 5 rings (SSSR count). The Morgan fingerprint density at radius 1 is 0.933 bits per heavy atom. The van der Waals surface area contributed by atoms with Gasteiger partial charge in [-0.05, 0) is 117 Å². The average Bonchev–Trinajstić information content (AvgIpc) is 3.04. The second-order valence-corrected chi connectivity index (χ2v) is 12.0. The molecule has 236 valence electrons. The Bertz CT molecular complexity index is 1530. The van der Waals surface area contributed by atoms with Crippen LogP contribution in [-0.4, -0.2) is 41.5 Å². The number of nitrogens with one attached hydrogen (secondary N) is 1. The van der Waals surface area contributed by atoms with Gasteiger partial charge in [-0.3, -0.25) is 9.78 Å². The second kappa shape index (κ2) is 14.3. The monoisotopic (exact) mass is 615 g/mol. The molecule has 2 heterocycles. The molecule has 1 aliphatic rings. The first-order valence-electron chi connectivity index (χ1n) is 15.5. The first-order valence-corrected chi connectivity index (χ1v) is 15.5. The molecule has 8 heteroatoms. The Morgan fingerprint density at radius 2 is 1.56 bits per heavy atom. The lowest BCUT2D eigenvalue weighted by atomic mass is 9.86. The number of piperidine rings is 1. The van der Waals surface area contributed by atoms with E-state index >= 15 is 0 Å². The van der Waals surface area contributed by atoms with E-state index in [4.69, 9.17) is 4.74 Å². The van der Waals surface area contributed by atoms with Crippen molar-refractivity contribution in [1.82, 2.24) is 15.2 Å². The van der Waals surface area contributed by atoms with E-state index in [1.54, 1.807) is 24.5 Å². The first kappa shape index (κ1) is 32.2. The zero-order chi connectivity index (χ0) is 32.0. The van der Waals surface area contributed by atoms with Crippen LogP contribution in [0.25, 0.3) is 11.1 Å². The van der Waals surface area contributed by atoms with Crippen LogP contribution in [0.4, 0.5) is 13.2 Å². The summed E-state index contributed by atoms with van der Waals surface area (Å²) in [7, 11) is 0. The molecule has 0 radical (unpaired) electrons. The molecule has 1 fully saturated rings. The highest BCUT2D eigenvalue weighted by atomic mass is 19.4. The maximum Gasteiger partial charge on any atom is 0.416 e. The van der Waals surface area contributed by atoms with Gasteiger partial charge in [-0.2, -0.15) is 13.2 Å². The molecule has 1 saturated heterocycles. The van der Waals surface area contributed by atoms with E-state index in [1.807, 2.05) is 68.4 Å². The number of likely N-dealkylation sites (tertiary alicyclic amines) is 1. The number of halogens is 3. The van der Waals surface area contributed by atoms with E-state index in [-0.39, 0.29) is 24.0 Å². The molecule has 3 aromatic carbocycles. The molecule has 1 aromatic heterocycles. The number of hydrogen-bond donors (Lipinski definition) is 1. The predicted molar refractivity (Wildman–Crippen MR) is 171 cm³/mol. The van der Waals surface area contributed by atoms with Crippen molar-refractivity contribution in [3.8, 4) is 16.9 Å². The summed E-state index contributed by atoms with van der Waals surface area (Å²) in [5, 5.41) is 3.13. The normalized spacial score (nSPS) is 15.8. The summed E-state index contributed by atoms with van der Waals surface area (Å²) in [6.07, 6.45) is 1.34. The van der Waals surface area contributed by atoms with Gasteiger partial charge in [0.2, 0.25) is 0 Å². The van der Waals surface area contributed by atoms with Crippen LogP contribution in [0.15, 0.2) is 91.3 Å². The number of pyridine rings is 1. The van der Waals surface area contributed by atoms with Crippen LogP contribution in [0.3, 0.4) is 0 Å². The Hall–Kier alpha value is -4.17. The van der Waals surface area contributed by atoms with Gasteiger partial charge >= 0.3 is 6.18 Å². The first-order chi connectivity index (χ1) is 21.6. The number of para-hydroxylation sites is 1. The molecule has 0 spiro atoms. The third-order valence-electron chi connectivity index (χ3n) is 8.82. The summed E-state index contributed by atoms with van der Waals surface area (Å²) in [5.74, 6) is 0.798. The molecule has 1 aliphatic heterocycles. The van der Waals surface area contributed by atoms with Crippen LogP contribution in [0.2, 0.25) is 0 Å². The number of aryl methyl sites for hydroxylation is 2. The SMILES string of the molecule is Cc1cc(-c2ccncc2)cc(C)c1C(=O)NCCC(C)N1CCC([C@@H](Oc2ccccc2)c2ccc(C(F)(F)F)cc2)CC1. The molecule has 1 unspecified atom stereocenters. The minimum atomic E-state index is -4.38. The average molecular weight is 616 g/mol. The third-order valence-corrected chi connectivity index (χ3v) is 8.82. The fourth-order valence-electron chi connectivity index (χ4n) is 6.31. The summed E-state index contributed by atoms with van der Waals surface area (Å²) < 4.78 is 46.0. The number of ether oxygens (including phenoxy) is 1. The van der Waals surface area contributed by atoms with Crippen LogP contribution in [-0.2, 0) is 6.18 Å². The predicted octanol–water partition coefficient (Wildman–Crippen LogP) is 8.42. The van der Waals surface area contributed by atoms with Gasteiger partial charge in [-0.25, -0.2) is 0 Å². The smallest absolute Gasteiger partial charge is 0.416 e. The zero-order valence-electron chi connectivity index (χ0n) is 26.0. The molecule has 4 aromatic rings. The van der Waals surface area contributed by atoms with Gasteiger partial charge in [0.15, 0.2) is 0 Å². The lowest BCUT2D eigenvalue weighted by Crippen LogP contribution is -2.43. The fraction of sp³-hybridized carbons (Fsp3) is 0.351. The summed E-state index contributed by atoms with van der Waals surface area (Å²) in [5.41, 5.74) is 4.82. The standard InChI is InChI=1S/C37H40F3N3O2/c1-25-23-31(28-14-18-41-19-15-28)24-26(2)34(25)36(44)42-20-13-27(3)43-21-16-30(17-22-43)35(45-33-7-5-4-6-8-33)29-9-11-32(12-10-29)37(38,39)40/h4-12,14-15,18-19,23-24,27,30,35H,13,16-17,20-22H2,1-3H3,(H,42,44)/t27?,35-/m0/s1. The fourth-order valence-corrected chi connectivity index (χ4v) is 6.31. The molecule has 45 heavy (non-hydrogen) atoms. The van der Waals surface area contributed by atoms with Gasteiger partial charge < -0.3 is 15.0 Å². The number of aromatic nitrogens is 1. The number of nitrogens with zero attached hydrogens (tertiary/aromatic N) is 2. The minimum absolute atomic E-state index is 0.0605. The molecule has 2 atom stereocenters. The Labute approximate surface area is 263 Å². The number of alkyl halides is 3. The Morgan fingerprint density at radius 3 is 2.16 bits per heavy atom. The third kappa shape index (κ3) is 8.11. The maximum absolute atomic E-state index is 13.2. The van der Waals surface area contributed by atoms with E-state index in [0.29, 0.717) is 17.9 Å². The van der Waals surface area contributed by atoms with E-state index in [9.17, 15) is 18.0 Å². The van der Waals surface area contributed by atoms with Crippen molar-refractivity contribution >= 4 is 5.91 Å². The van der Waals surface area contributed by atoms with Crippen molar-refractivity contribution in [1.29, 1.82) is 0 Å².